The summed E-state index contributed by atoms with van der Waals surface area (Å²) in [6.07, 6.45) is -4.48. The molecule has 0 saturated carbocycles. The molecule has 0 atom stereocenters. The van der Waals surface area contributed by atoms with Crippen molar-refractivity contribution < 1.29 is 13.2 Å². The highest BCUT2D eigenvalue weighted by atomic mass is 35.5. The Bertz CT molecular complexity index is 337. The van der Waals surface area contributed by atoms with Gasteiger partial charge >= 0.3 is 6.18 Å². The second-order valence-corrected chi connectivity index (χ2v) is 3.28. The van der Waals surface area contributed by atoms with Crippen molar-refractivity contribution in [3.05, 3.63) is 22.7 Å². The molecule has 72 valence electrons. The van der Waals surface area contributed by atoms with Crippen LogP contribution >= 0.6 is 24.2 Å². The van der Waals surface area contributed by atoms with Gasteiger partial charge in [-0.05, 0) is 12.1 Å². The second kappa shape index (κ2) is 3.31. The number of thiol groups is 1. The van der Waals surface area contributed by atoms with E-state index < -0.39 is 16.8 Å². The van der Waals surface area contributed by atoms with Crippen molar-refractivity contribution in [2.45, 2.75) is 11.1 Å². The average molecular weight is 228 g/mol. The third-order valence-corrected chi connectivity index (χ3v) is 2.12. The smallest absolute Gasteiger partial charge is 0.398 e. The van der Waals surface area contributed by atoms with Gasteiger partial charge in [0.05, 0.1) is 10.6 Å². The van der Waals surface area contributed by atoms with Gasteiger partial charge in [0.1, 0.15) is 0 Å². The molecule has 0 unspecified atom stereocenters. The van der Waals surface area contributed by atoms with E-state index in [1.54, 1.807) is 0 Å². The summed E-state index contributed by atoms with van der Waals surface area (Å²) in [7, 11) is 0. The van der Waals surface area contributed by atoms with Gasteiger partial charge in [-0.2, -0.15) is 13.2 Å². The van der Waals surface area contributed by atoms with Crippen LogP contribution in [0.1, 0.15) is 5.56 Å². The molecular formula is C7H5ClF3NS. The predicted molar refractivity (Wildman–Crippen MR) is 48.1 cm³/mol. The number of nitrogens with two attached hydrogens (primary N) is 1. The molecule has 0 spiro atoms. The van der Waals surface area contributed by atoms with E-state index in [4.69, 9.17) is 17.3 Å². The van der Waals surface area contributed by atoms with Crippen LogP contribution in [0, 0.1) is 0 Å². The lowest BCUT2D eigenvalue weighted by molar-refractivity contribution is -0.137. The van der Waals surface area contributed by atoms with Crippen molar-refractivity contribution in [1.29, 1.82) is 0 Å². The van der Waals surface area contributed by atoms with Gasteiger partial charge in [-0.3, -0.25) is 0 Å². The number of halogens is 4. The Hall–Kier alpha value is -0.550. The number of benzene rings is 1. The van der Waals surface area contributed by atoms with E-state index >= 15 is 0 Å². The highest BCUT2D eigenvalue weighted by Crippen LogP contribution is 2.37. The standard InChI is InChI=1S/C7H5ClF3NS/c8-4-2-6(13)5(12)1-3(4)7(9,10)11/h1-2,13H,12H2. The summed E-state index contributed by atoms with van der Waals surface area (Å²) < 4.78 is 36.6. The summed E-state index contributed by atoms with van der Waals surface area (Å²) >= 11 is 9.20. The van der Waals surface area contributed by atoms with Crippen LogP contribution in [0.4, 0.5) is 18.9 Å². The van der Waals surface area contributed by atoms with E-state index in [0.717, 1.165) is 12.1 Å². The lowest BCUT2D eigenvalue weighted by atomic mass is 10.2. The zero-order chi connectivity index (χ0) is 10.2. The molecule has 1 aromatic carbocycles. The van der Waals surface area contributed by atoms with Crippen LogP contribution in [0.15, 0.2) is 17.0 Å². The summed E-state index contributed by atoms with van der Waals surface area (Å²) in [5.41, 5.74) is 4.27. The zero-order valence-electron chi connectivity index (χ0n) is 6.19. The van der Waals surface area contributed by atoms with Crippen molar-refractivity contribution in [1.82, 2.24) is 0 Å². The maximum Gasteiger partial charge on any atom is 0.417 e. The van der Waals surface area contributed by atoms with E-state index in [2.05, 4.69) is 12.6 Å². The molecule has 2 N–H and O–H groups in total. The summed E-state index contributed by atoms with van der Waals surface area (Å²) in [5, 5.41) is -0.397. The topological polar surface area (TPSA) is 26.0 Å². The molecule has 0 fully saturated rings. The van der Waals surface area contributed by atoms with Crippen LogP contribution in [0.5, 0.6) is 0 Å². The Morgan fingerprint density at radius 2 is 1.85 bits per heavy atom. The molecule has 0 saturated heterocycles. The fourth-order valence-corrected chi connectivity index (χ4v) is 1.34. The Balaban J connectivity index is 3.32. The average Bonchev–Trinajstić information content (AvgIpc) is 1.94. The largest absolute Gasteiger partial charge is 0.417 e. The first-order valence-corrected chi connectivity index (χ1v) is 4.00. The molecular weight excluding hydrogens is 223 g/mol. The van der Waals surface area contributed by atoms with Crippen molar-refractivity contribution >= 4 is 29.9 Å². The van der Waals surface area contributed by atoms with Gasteiger partial charge in [-0.15, -0.1) is 12.6 Å². The van der Waals surface area contributed by atoms with E-state index in [0.29, 0.717) is 0 Å². The number of alkyl halides is 3. The Labute approximate surface area is 83.1 Å². The fraction of sp³-hybridized carbons (Fsp3) is 0.143. The van der Waals surface area contributed by atoms with Gasteiger partial charge in [0, 0.05) is 10.6 Å². The summed E-state index contributed by atoms with van der Waals surface area (Å²) in [6, 6.07) is 1.84. The molecule has 0 heterocycles. The third-order valence-electron chi connectivity index (χ3n) is 1.42. The quantitative estimate of drug-likeness (QED) is 0.517. The number of hydrogen-bond acceptors (Lipinski definition) is 2. The Morgan fingerprint density at radius 3 is 2.31 bits per heavy atom. The molecule has 1 aromatic rings. The molecule has 0 aliphatic carbocycles. The number of hydrogen-bond donors (Lipinski definition) is 2. The van der Waals surface area contributed by atoms with Crippen molar-refractivity contribution in [3.8, 4) is 0 Å². The first kappa shape index (κ1) is 10.5. The zero-order valence-corrected chi connectivity index (χ0v) is 7.84. The molecule has 13 heavy (non-hydrogen) atoms. The van der Waals surface area contributed by atoms with Gasteiger partial charge in [-0.25, -0.2) is 0 Å². The van der Waals surface area contributed by atoms with E-state index in [-0.39, 0.29) is 10.6 Å². The fourth-order valence-electron chi connectivity index (χ4n) is 0.797. The molecule has 0 aliphatic heterocycles. The van der Waals surface area contributed by atoms with Crippen LogP contribution in [-0.4, -0.2) is 0 Å². The van der Waals surface area contributed by atoms with Crippen molar-refractivity contribution in [2.24, 2.45) is 0 Å². The van der Waals surface area contributed by atoms with Crippen molar-refractivity contribution in [2.75, 3.05) is 5.73 Å². The number of rotatable bonds is 0. The third kappa shape index (κ3) is 2.22. The molecule has 6 heteroatoms. The van der Waals surface area contributed by atoms with Crippen LogP contribution in [0.2, 0.25) is 5.02 Å². The first-order valence-electron chi connectivity index (χ1n) is 3.17. The first-order chi connectivity index (χ1) is 5.82. The minimum atomic E-state index is -4.48. The summed E-state index contributed by atoms with van der Waals surface area (Å²) in [4.78, 5) is 0.234. The van der Waals surface area contributed by atoms with Crippen LogP contribution in [0.3, 0.4) is 0 Å². The number of anilines is 1. The summed E-state index contributed by atoms with van der Waals surface area (Å²) in [6.45, 7) is 0. The molecule has 0 aliphatic rings. The lowest BCUT2D eigenvalue weighted by Crippen LogP contribution is -2.06. The highest BCUT2D eigenvalue weighted by Gasteiger charge is 2.33. The molecule has 1 rings (SSSR count). The van der Waals surface area contributed by atoms with E-state index in [9.17, 15) is 13.2 Å². The summed E-state index contributed by atoms with van der Waals surface area (Å²) in [5.74, 6) is 0. The maximum absolute atomic E-state index is 12.2. The van der Waals surface area contributed by atoms with Crippen LogP contribution in [-0.2, 0) is 6.18 Å². The van der Waals surface area contributed by atoms with Crippen LogP contribution in [0.25, 0.3) is 0 Å². The molecule has 1 nitrogen and oxygen atoms in total. The van der Waals surface area contributed by atoms with Gasteiger partial charge in [0.25, 0.3) is 0 Å². The number of nitrogen functional groups attached to an aromatic ring is 1. The maximum atomic E-state index is 12.2. The van der Waals surface area contributed by atoms with Gasteiger partial charge in [-0.1, -0.05) is 11.6 Å². The molecule has 0 aromatic heterocycles. The Kier molecular flexibility index (Phi) is 2.68. The minimum Gasteiger partial charge on any atom is -0.398 e. The SMILES string of the molecule is Nc1cc(C(F)(F)F)c(Cl)cc1S. The lowest BCUT2D eigenvalue weighted by Gasteiger charge is -2.10. The van der Waals surface area contributed by atoms with E-state index in [1.165, 1.54) is 0 Å². The molecule has 0 amide bonds. The van der Waals surface area contributed by atoms with E-state index in [1.807, 2.05) is 0 Å². The van der Waals surface area contributed by atoms with Gasteiger partial charge in [0.15, 0.2) is 0 Å². The monoisotopic (exact) mass is 227 g/mol. The van der Waals surface area contributed by atoms with Crippen LogP contribution < -0.4 is 5.73 Å². The molecule has 0 bridgehead atoms. The van der Waals surface area contributed by atoms with Gasteiger partial charge < -0.3 is 5.73 Å². The predicted octanol–water partition coefficient (Wildman–Crippen LogP) is 3.23. The normalized spacial score (nSPS) is 11.8. The minimum absolute atomic E-state index is 0.0416. The highest BCUT2D eigenvalue weighted by molar-refractivity contribution is 7.80. The Morgan fingerprint density at radius 1 is 1.31 bits per heavy atom. The van der Waals surface area contributed by atoms with Gasteiger partial charge in [0.2, 0.25) is 0 Å². The second-order valence-electron chi connectivity index (χ2n) is 2.39. The molecule has 0 radical (unpaired) electrons. The van der Waals surface area contributed by atoms with Crippen molar-refractivity contribution in [3.63, 3.8) is 0 Å².